The van der Waals surface area contributed by atoms with Crippen LogP contribution in [0.1, 0.15) is 0 Å². The normalized spacial score (nSPS) is 16.2. The highest BCUT2D eigenvalue weighted by molar-refractivity contribution is 7.62. The average molecular weight is 156 g/mol. The standard InChI is InChI=1S/C6H8NO2P/c7-10(8,9)6-4-2-1-3-5-6/h1-5H,(H3,7,8,9)/p-1. The molecule has 0 saturated carbocycles. The number of hydrogen-bond donors (Lipinski definition) is 1. The molecular weight excluding hydrogens is 149 g/mol. The van der Waals surface area contributed by atoms with Gasteiger partial charge in [0, 0.05) is 5.30 Å². The molecule has 0 bridgehead atoms. The molecule has 0 aliphatic carbocycles. The Morgan fingerprint density at radius 3 is 2.10 bits per heavy atom. The van der Waals surface area contributed by atoms with Crippen molar-refractivity contribution in [2.75, 3.05) is 0 Å². The zero-order chi connectivity index (χ0) is 7.61. The topological polar surface area (TPSA) is 66.2 Å². The Hall–Kier alpha value is -0.630. The van der Waals surface area contributed by atoms with Crippen molar-refractivity contribution in [1.29, 1.82) is 0 Å². The van der Waals surface area contributed by atoms with Crippen LogP contribution in [0.15, 0.2) is 30.3 Å². The molecule has 1 atom stereocenters. The van der Waals surface area contributed by atoms with Gasteiger partial charge < -0.3 is 9.46 Å². The first-order valence-corrected chi connectivity index (χ1v) is 4.45. The molecule has 0 aliphatic heterocycles. The van der Waals surface area contributed by atoms with E-state index in [0.717, 1.165) is 0 Å². The fraction of sp³-hybridized carbons (Fsp3) is 0. The zero-order valence-corrected chi connectivity index (χ0v) is 6.12. The summed E-state index contributed by atoms with van der Waals surface area (Å²) in [4.78, 5) is 10.6. The molecule has 1 unspecified atom stereocenters. The van der Waals surface area contributed by atoms with E-state index < -0.39 is 7.52 Å². The Kier molecular flexibility index (Phi) is 1.90. The summed E-state index contributed by atoms with van der Waals surface area (Å²) in [5, 5.41) is 0.176. The molecule has 1 aromatic rings. The number of nitrogens with two attached hydrogens (primary N) is 1. The van der Waals surface area contributed by atoms with Crippen molar-refractivity contribution in [3.8, 4) is 0 Å². The van der Waals surface area contributed by atoms with Crippen LogP contribution in [-0.4, -0.2) is 0 Å². The van der Waals surface area contributed by atoms with Gasteiger partial charge in [-0.25, -0.2) is 0 Å². The van der Waals surface area contributed by atoms with Crippen molar-refractivity contribution >= 4 is 12.8 Å². The highest BCUT2D eigenvalue weighted by atomic mass is 31.2. The third-order valence-corrected chi connectivity index (χ3v) is 2.13. The van der Waals surface area contributed by atoms with Crippen LogP contribution in [-0.2, 0) is 4.57 Å². The molecular formula is C6H7NO2P-. The molecule has 54 valence electrons. The van der Waals surface area contributed by atoms with Crippen LogP contribution in [0.2, 0.25) is 0 Å². The summed E-state index contributed by atoms with van der Waals surface area (Å²) < 4.78 is 10.6. The molecule has 2 N–H and O–H groups in total. The SMILES string of the molecule is NP(=O)([O-])c1ccccc1. The second kappa shape index (κ2) is 2.54. The predicted octanol–water partition coefficient (Wildman–Crippen LogP) is -0.176. The van der Waals surface area contributed by atoms with E-state index in [9.17, 15) is 9.46 Å². The lowest BCUT2D eigenvalue weighted by Gasteiger charge is -2.16. The van der Waals surface area contributed by atoms with Crippen LogP contribution in [0, 0.1) is 0 Å². The summed E-state index contributed by atoms with van der Waals surface area (Å²) >= 11 is 0. The summed E-state index contributed by atoms with van der Waals surface area (Å²) in [6.07, 6.45) is 0. The van der Waals surface area contributed by atoms with Gasteiger partial charge in [-0.1, -0.05) is 30.3 Å². The van der Waals surface area contributed by atoms with Crippen molar-refractivity contribution in [3.05, 3.63) is 30.3 Å². The van der Waals surface area contributed by atoms with Crippen LogP contribution in [0.5, 0.6) is 0 Å². The first-order chi connectivity index (χ1) is 4.61. The first-order valence-electron chi connectivity index (χ1n) is 2.76. The second-order valence-electron chi connectivity index (χ2n) is 1.93. The third kappa shape index (κ3) is 1.67. The summed E-state index contributed by atoms with van der Waals surface area (Å²) in [5.41, 5.74) is 4.86. The quantitative estimate of drug-likeness (QED) is 0.573. The Labute approximate surface area is 59.0 Å². The third-order valence-electron chi connectivity index (χ3n) is 1.12. The Morgan fingerprint density at radius 1 is 1.30 bits per heavy atom. The lowest BCUT2D eigenvalue weighted by atomic mass is 10.4. The van der Waals surface area contributed by atoms with Crippen molar-refractivity contribution in [2.24, 2.45) is 5.50 Å². The molecule has 10 heavy (non-hydrogen) atoms. The molecule has 0 saturated heterocycles. The summed E-state index contributed by atoms with van der Waals surface area (Å²) in [6.45, 7) is 0. The van der Waals surface area contributed by atoms with Crippen LogP contribution in [0.4, 0.5) is 0 Å². The first kappa shape index (κ1) is 7.48. The summed E-state index contributed by atoms with van der Waals surface area (Å²) in [5.74, 6) is 0. The molecule has 1 aromatic carbocycles. The lowest BCUT2D eigenvalue weighted by Crippen LogP contribution is -2.21. The van der Waals surface area contributed by atoms with Gasteiger partial charge in [-0.15, -0.1) is 0 Å². The van der Waals surface area contributed by atoms with Gasteiger partial charge in [0.2, 0.25) is 0 Å². The highest BCUT2D eigenvalue weighted by Crippen LogP contribution is 2.21. The van der Waals surface area contributed by atoms with E-state index in [-0.39, 0.29) is 5.30 Å². The fourth-order valence-electron chi connectivity index (χ4n) is 0.636. The Morgan fingerprint density at radius 2 is 1.80 bits per heavy atom. The van der Waals surface area contributed by atoms with Gasteiger partial charge in [-0.2, -0.15) is 0 Å². The number of hydrogen-bond acceptors (Lipinski definition) is 2. The molecule has 0 amide bonds. The van der Waals surface area contributed by atoms with Gasteiger partial charge in [-0.3, -0.25) is 5.50 Å². The average Bonchev–Trinajstić information content (AvgIpc) is 1.88. The molecule has 4 heteroatoms. The molecule has 0 aliphatic rings. The summed E-state index contributed by atoms with van der Waals surface area (Å²) in [7, 11) is -3.77. The molecule has 0 radical (unpaired) electrons. The predicted molar refractivity (Wildman–Crippen MR) is 37.9 cm³/mol. The van der Waals surface area contributed by atoms with E-state index in [4.69, 9.17) is 5.50 Å². The van der Waals surface area contributed by atoms with Gasteiger partial charge in [0.15, 0.2) is 0 Å². The van der Waals surface area contributed by atoms with Crippen molar-refractivity contribution in [1.82, 2.24) is 0 Å². The number of rotatable bonds is 1. The maximum atomic E-state index is 10.6. The van der Waals surface area contributed by atoms with E-state index >= 15 is 0 Å². The Balaban J connectivity index is 3.09. The zero-order valence-electron chi connectivity index (χ0n) is 5.23. The fourth-order valence-corrected chi connectivity index (χ4v) is 1.22. The molecule has 0 heterocycles. The smallest absolute Gasteiger partial charge is 0.104 e. The minimum atomic E-state index is -3.77. The maximum Gasteiger partial charge on any atom is 0.104 e. The van der Waals surface area contributed by atoms with Crippen molar-refractivity contribution < 1.29 is 9.46 Å². The van der Waals surface area contributed by atoms with Crippen molar-refractivity contribution in [2.45, 2.75) is 0 Å². The van der Waals surface area contributed by atoms with E-state index in [1.165, 1.54) is 12.1 Å². The molecule has 3 nitrogen and oxygen atoms in total. The molecule has 0 aromatic heterocycles. The lowest BCUT2D eigenvalue weighted by molar-refractivity contribution is -0.171. The second-order valence-corrected chi connectivity index (χ2v) is 3.64. The van der Waals surface area contributed by atoms with Gasteiger partial charge >= 0.3 is 0 Å². The highest BCUT2D eigenvalue weighted by Gasteiger charge is 2.00. The van der Waals surface area contributed by atoms with Gasteiger partial charge in [-0.05, 0) is 0 Å². The van der Waals surface area contributed by atoms with Crippen LogP contribution >= 0.6 is 7.52 Å². The maximum absolute atomic E-state index is 10.6. The van der Waals surface area contributed by atoms with Gasteiger partial charge in [0.1, 0.15) is 7.52 Å². The number of benzene rings is 1. The van der Waals surface area contributed by atoms with E-state index in [2.05, 4.69) is 0 Å². The Bertz CT molecular complexity index is 254. The molecule has 1 rings (SSSR count). The molecule has 0 fully saturated rings. The monoisotopic (exact) mass is 156 g/mol. The van der Waals surface area contributed by atoms with Crippen LogP contribution < -0.4 is 15.7 Å². The van der Waals surface area contributed by atoms with Crippen molar-refractivity contribution in [3.63, 3.8) is 0 Å². The van der Waals surface area contributed by atoms with E-state index in [1.807, 2.05) is 0 Å². The molecule has 0 spiro atoms. The van der Waals surface area contributed by atoms with Crippen LogP contribution in [0.3, 0.4) is 0 Å². The minimum Gasteiger partial charge on any atom is -0.785 e. The largest absolute Gasteiger partial charge is 0.785 e. The van der Waals surface area contributed by atoms with Gasteiger partial charge in [0.05, 0.1) is 0 Å². The minimum absolute atomic E-state index is 0.176. The van der Waals surface area contributed by atoms with E-state index in [1.54, 1.807) is 18.2 Å². The van der Waals surface area contributed by atoms with Crippen LogP contribution in [0.25, 0.3) is 0 Å². The van der Waals surface area contributed by atoms with Gasteiger partial charge in [0.25, 0.3) is 0 Å². The van der Waals surface area contributed by atoms with E-state index in [0.29, 0.717) is 0 Å². The summed E-state index contributed by atoms with van der Waals surface area (Å²) in [6, 6.07) is 7.93.